The zero-order chi connectivity index (χ0) is 19.5. The second kappa shape index (κ2) is 10.7. The molecule has 0 aliphatic rings. The quantitative estimate of drug-likeness (QED) is 0.318. The fraction of sp³-hybridized carbons (Fsp3) is 0.211. The minimum absolute atomic E-state index is 0.177. The predicted octanol–water partition coefficient (Wildman–Crippen LogP) is 1.62. The molecule has 0 spiro atoms. The fourth-order valence-corrected chi connectivity index (χ4v) is 2.06. The summed E-state index contributed by atoms with van der Waals surface area (Å²) in [7, 11) is 1.49. The van der Waals surface area contributed by atoms with Gasteiger partial charge in [0.1, 0.15) is 18.2 Å². The Labute approximate surface area is 156 Å². The van der Waals surface area contributed by atoms with Gasteiger partial charge in [-0.3, -0.25) is 9.59 Å². The molecule has 0 saturated carbocycles. The first-order valence-electron chi connectivity index (χ1n) is 8.16. The molecule has 0 heterocycles. The first-order chi connectivity index (χ1) is 13.1. The standard InChI is InChI=1S/C19H20FN3O4/c1-26-10-9-21-18(24)19(25)23-22-12-15-6-2-3-8-17(15)27-13-14-5-4-7-16(20)11-14/h2-8,11-12H,9-10,13H2,1H3,(H,21,24)(H,23,25)/b22-12-. The normalized spacial score (nSPS) is 10.6. The Balaban J connectivity index is 1.91. The van der Waals surface area contributed by atoms with Crippen molar-refractivity contribution in [3.8, 4) is 5.75 Å². The number of hydrogen-bond acceptors (Lipinski definition) is 5. The summed E-state index contributed by atoms with van der Waals surface area (Å²) in [5.41, 5.74) is 3.41. The molecule has 0 bridgehead atoms. The average molecular weight is 373 g/mol. The lowest BCUT2D eigenvalue weighted by Crippen LogP contribution is -2.39. The largest absolute Gasteiger partial charge is 0.488 e. The van der Waals surface area contributed by atoms with Crippen molar-refractivity contribution >= 4 is 18.0 Å². The van der Waals surface area contributed by atoms with Gasteiger partial charge < -0.3 is 14.8 Å². The summed E-state index contributed by atoms with van der Waals surface area (Å²) < 4.78 is 23.7. The highest BCUT2D eigenvalue weighted by molar-refractivity contribution is 6.35. The number of nitrogens with one attached hydrogen (secondary N) is 2. The number of methoxy groups -OCH3 is 1. The third kappa shape index (κ3) is 6.87. The highest BCUT2D eigenvalue weighted by Gasteiger charge is 2.11. The molecule has 0 unspecified atom stereocenters. The first-order valence-corrected chi connectivity index (χ1v) is 8.16. The number of benzene rings is 2. The Bertz CT molecular complexity index is 811. The van der Waals surface area contributed by atoms with Crippen LogP contribution in [0.25, 0.3) is 0 Å². The average Bonchev–Trinajstić information content (AvgIpc) is 2.67. The molecule has 0 saturated heterocycles. The van der Waals surface area contributed by atoms with Crippen LogP contribution in [0.3, 0.4) is 0 Å². The Kier molecular flexibility index (Phi) is 7.92. The minimum atomic E-state index is -0.888. The van der Waals surface area contributed by atoms with E-state index in [2.05, 4.69) is 15.8 Å². The van der Waals surface area contributed by atoms with E-state index >= 15 is 0 Å². The predicted molar refractivity (Wildman–Crippen MR) is 97.8 cm³/mol. The van der Waals surface area contributed by atoms with E-state index < -0.39 is 11.8 Å². The van der Waals surface area contributed by atoms with Gasteiger partial charge in [0.2, 0.25) is 0 Å². The maximum atomic E-state index is 13.2. The summed E-state index contributed by atoms with van der Waals surface area (Å²) in [6.45, 7) is 0.707. The molecule has 2 rings (SSSR count). The molecule has 2 aromatic rings. The van der Waals surface area contributed by atoms with E-state index in [1.54, 1.807) is 36.4 Å². The lowest BCUT2D eigenvalue weighted by molar-refractivity contribution is -0.139. The molecular weight excluding hydrogens is 353 g/mol. The van der Waals surface area contributed by atoms with Gasteiger partial charge in [-0.25, -0.2) is 9.82 Å². The monoisotopic (exact) mass is 373 g/mol. The van der Waals surface area contributed by atoms with Crippen molar-refractivity contribution in [1.29, 1.82) is 0 Å². The molecule has 0 radical (unpaired) electrons. The maximum absolute atomic E-state index is 13.2. The number of hydrazone groups is 1. The zero-order valence-electron chi connectivity index (χ0n) is 14.8. The van der Waals surface area contributed by atoms with Gasteiger partial charge in [0.25, 0.3) is 0 Å². The number of amides is 2. The van der Waals surface area contributed by atoms with Crippen molar-refractivity contribution in [2.24, 2.45) is 5.10 Å². The number of ether oxygens (including phenoxy) is 2. The molecule has 142 valence electrons. The molecule has 0 aliphatic heterocycles. The first kappa shape index (κ1) is 20.1. The number of halogens is 1. The summed E-state index contributed by atoms with van der Waals surface area (Å²) in [6, 6.07) is 13.1. The van der Waals surface area contributed by atoms with Gasteiger partial charge in [0.05, 0.1) is 12.8 Å². The summed E-state index contributed by atoms with van der Waals surface area (Å²) in [5, 5.41) is 6.15. The van der Waals surface area contributed by atoms with Gasteiger partial charge in [0.15, 0.2) is 0 Å². The molecule has 0 aromatic heterocycles. The molecule has 27 heavy (non-hydrogen) atoms. The molecule has 2 amide bonds. The van der Waals surface area contributed by atoms with Crippen LogP contribution in [0, 0.1) is 5.82 Å². The topological polar surface area (TPSA) is 89.0 Å². The van der Waals surface area contributed by atoms with E-state index in [-0.39, 0.29) is 19.0 Å². The van der Waals surface area contributed by atoms with Crippen LogP contribution < -0.4 is 15.5 Å². The summed E-state index contributed by atoms with van der Waals surface area (Å²) in [5.74, 6) is -1.53. The van der Waals surface area contributed by atoms with Crippen molar-refractivity contribution in [2.75, 3.05) is 20.3 Å². The van der Waals surface area contributed by atoms with Crippen molar-refractivity contribution in [3.63, 3.8) is 0 Å². The smallest absolute Gasteiger partial charge is 0.329 e. The van der Waals surface area contributed by atoms with E-state index in [4.69, 9.17) is 9.47 Å². The van der Waals surface area contributed by atoms with Crippen LogP contribution in [0.4, 0.5) is 4.39 Å². The third-order valence-corrected chi connectivity index (χ3v) is 3.37. The van der Waals surface area contributed by atoms with Crippen molar-refractivity contribution < 1.29 is 23.5 Å². The lowest BCUT2D eigenvalue weighted by Gasteiger charge is -2.09. The Morgan fingerprint density at radius 1 is 1.15 bits per heavy atom. The van der Waals surface area contributed by atoms with Crippen molar-refractivity contribution in [3.05, 3.63) is 65.5 Å². The van der Waals surface area contributed by atoms with E-state index in [1.807, 2.05) is 0 Å². The third-order valence-electron chi connectivity index (χ3n) is 3.37. The van der Waals surface area contributed by atoms with Gasteiger partial charge in [-0.05, 0) is 29.8 Å². The number of carbonyl (C=O) groups excluding carboxylic acids is 2. The van der Waals surface area contributed by atoms with Gasteiger partial charge in [-0.2, -0.15) is 5.10 Å². The van der Waals surface area contributed by atoms with Crippen LogP contribution >= 0.6 is 0 Å². The molecule has 0 atom stereocenters. The fourth-order valence-electron chi connectivity index (χ4n) is 2.06. The summed E-state index contributed by atoms with van der Waals surface area (Å²) >= 11 is 0. The number of nitrogens with zero attached hydrogens (tertiary/aromatic N) is 1. The van der Waals surface area contributed by atoms with Crippen molar-refractivity contribution in [1.82, 2.24) is 10.7 Å². The molecule has 2 N–H and O–H groups in total. The highest BCUT2D eigenvalue weighted by atomic mass is 19.1. The van der Waals surface area contributed by atoms with E-state index in [1.165, 1.54) is 25.5 Å². The van der Waals surface area contributed by atoms with Crippen LogP contribution in [-0.2, 0) is 20.9 Å². The number of hydrogen-bond donors (Lipinski definition) is 2. The van der Waals surface area contributed by atoms with Crippen molar-refractivity contribution in [2.45, 2.75) is 6.61 Å². The van der Waals surface area contributed by atoms with E-state index in [0.29, 0.717) is 23.5 Å². The SMILES string of the molecule is COCCNC(=O)C(=O)N/N=C\c1ccccc1OCc1cccc(F)c1. The molecule has 0 aliphatic carbocycles. The molecule has 0 fully saturated rings. The molecule has 2 aromatic carbocycles. The second-order valence-electron chi connectivity index (χ2n) is 5.40. The summed E-state index contributed by atoms with van der Waals surface area (Å²) in [4.78, 5) is 23.1. The van der Waals surface area contributed by atoms with Gasteiger partial charge >= 0.3 is 11.8 Å². The molecular formula is C19H20FN3O4. The number of para-hydroxylation sites is 1. The molecule has 7 nitrogen and oxygen atoms in total. The van der Waals surface area contributed by atoms with E-state index in [0.717, 1.165) is 0 Å². The summed E-state index contributed by atoms with van der Waals surface area (Å²) in [6.07, 6.45) is 1.36. The van der Waals surface area contributed by atoms with Crippen LogP contribution in [0.2, 0.25) is 0 Å². The number of rotatable bonds is 8. The minimum Gasteiger partial charge on any atom is -0.488 e. The van der Waals surface area contributed by atoms with Crippen LogP contribution in [0.1, 0.15) is 11.1 Å². The Hall–Kier alpha value is -3.26. The van der Waals surface area contributed by atoms with Gasteiger partial charge in [-0.1, -0.05) is 24.3 Å². The molecule has 8 heteroatoms. The van der Waals surface area contributed by atoms with E-state index in [9.17, 15) is 14.0 Å². The van der Waals surface area contributed by atoms with Crippen LogP contribution in [0.5, 0.6) is 5.75 Å². The Morgan fingerprint density at radius 3 is 2.74 bits per heavy atom. The van der Waals surface area contributed by atoms with Gasteiger partial charge in [0, 0.05) is 19.2 Å². The zero-order valence-corrected chi connectivity index (χ0v) is 14.8. The lowest BCUT2D eigenvalue weighted by atomic mass is 10.2. The Morgan fingerprint density at radius 2 is 1.96 bits per heavy atom. The van der Waals surface area contributed by atoms with Crippen LogP contribution in [0.15, 0.2) is 53.6 Å². The van der Waals surface area contributed by atoms with Crippen LogP contribution in [-0.4, -0.2) is 38.3 Å². The maximum Gasteiger partial charge on any atom is 0.329 e. The number of carbonyl (C=O) groups is 2. The second-order valence-corrected chi connectivity index (χ2v) is 5.40. The van der Waals surface area contributed by atoms with Gasteiger partial charge in [-0.15, -0.1) is 0 Å². The highest BCUT2D eigenvalue weighted by Crippen LogP contribution is 2.17.